The maximum Gasteiger partial charge on any atom is 0.276 e. The number of rotatable bonds is 12. The second kappa shape index (κ2) is 12.3. The molecule has 1 fully saturated rings. The predicted molar refractivity (Wildman–Crippen MR) is 149 cm³/mol. The van der Waals surface area contributed by atoms with Crippen LogP contribution >= 0.6 is 22.6 Å². The van der Waals surface area contributed by atoms with Crippen LogP contribution in [0, 0.1) is 16.4 Å². The van der Waals surface area contributed by atoms with E-state index in [1.165, 1.54) is 22.5 Å². The first-order chi connectivity index (χ1) is 17.8. The average molecular weight is 637 g/mol. The first-order valence-electron chi connectivity index (χ1n) is 11.9. The van der Waals surface area contributed by atoms with Crippen molar-refractivity contribution in [2.24, 2.45) is 5.92 Å². The van der Waals surface area contributed by atoms with Crippen LogP contribution < -0.4 is 10.8 Å². The van der Waals surface area contributed by atoms with Crippen LogP contribution in [-0.2, 0) is 21.4 Å². The molecule has 4 rings (SSSR count). The number of nitrogens with one attached hydrogen (secondary N) is 2. The molecule has 1 aliphatic carbocycles. The lowest BCUT2D eigenvalue weighted by atomic mass is 10.1. The molecule has 3 N–H and O–H groups in total. The molecule has 1 aliphatic rings. The highest BCUT2D eigenvalue weighted by Crippen LogP contribution is 2.30. The number of aliphatic hydroxyl groups is 1. The molecule has 0 atom stereocenters. The van der Waals surface area contributed by atoms with Gasteiger partial charge in [0.05, 0.1) is 29.4 Å². The number of benzene rings is 2. The van der Waals surface area contributed by atoms with Gasteiger partial charge in [-0.15, -0.1) is 0 Å². The van der Waals surface area contributed by atoms with Crippen LogP contribution in [0.2, 0.25) is 0 Å². The summed E-state index contributed by atoms with van der Waals surface area (Å²) in [6, 6.07) is 13.5. The van der Waals surface area contributed by atoms with Crippen LogP contribution in [0.15, 0.2) is 65.8 Å². The molecule has 1 amide bonds. The standard InChI is InChI=1S/C26H29IN4O5S/c1-18-14-21(27)4-7-24(18)29-25-15-22(5-6-23(25)26(33)30-36-17-20-2-3-20)37(34,35)31(12-13-32)16-19-8-10-28-11-9-19/h4-11,14-15,20,29,32H,2-3,12-13,16-17H2,1H3,(H,30,33). The van der Waals surface area contributed by atoms with Crippen LogP contribution in [-0.4, -0.2) is 48.5 Å². The number of hydrogen-bond donors (Lipinski definition) is 3. The zero-order chi connectivity index (χ0) is 26.4. The second-order valence-corrected chi connectivity index (χ2v) is 12.1. The Morgan fingerprint density at radius 3 is 2.57 bits per heavy atom. The molecule has 0 bridgehead atoms. The Balaban J connectivity index is 1.67. The Bertz CT molecular complexity index is 1350. The number of hydrogen-bond acceptors (Lipinski definition) is 7. The van der Waals surface area contributed by atoms with Gasteiger partial charge in [-0.1, -0.05) is 0 Å². The maximum absolute atomic E-state index is 13.6. The lowest BCUT2D eigenvalue weighted by Crippen LogP contribution is -2.33. The third kappa shape index (κ3) is 7.26. The molecule has 0 unspecified atom stereocenters. The number of hydroxylamine groups is 1. The molecule has 196 valence electrons. The number of halogens is 1. The molecule has 1 heterocycles. The van der Waals surface area contributed by atoms with Crippen LogP contribution in [0.25, 0.3) is 0 Å². The lowest BCUT2D eigenvalue weighted by Gasteiger charge is -2.22. The van der Waals surface area contributed by atoms with Gasteiger partial charge in [-0.05, 0) is 108 Å². The number of sulfonamides is 1. The van der Waals surface area contributed by atoms with Crippen molar-refractivity contribution in [1.29, 1.82) is 0 Å². The summed E-state index contributed by atoms with van der Waals surface area (Å²) in [5.74, 6) is -0.00276. The van der Waals surface area contributed by atoms with E-state index in [1.807, 2.05) is 25.1 Å². The van der Waals surface area contributed by atoms with Crippen LogP contribution in [0.5, 0.6) is 0 Å². The molecule has 1 saturated carbocycles. The molecule has 0 saturated heterocycles. The van der Waals surface area contributed by atoms with Gasteiger partial charge in [0.1, 0.15) is 0 Å². The van der Waals surface area contributed by atoms with Crippen LogP contribution in [0.4, 0.5) is 11.4 Å². The van der Waals surface area contributed by atoms with Crippen molar-refractivity contribution in [2.45, 2.75) is 31.2 Å². The molecule has 1 aromatic heterocycles. The summed E-state index contributed by atoms with van der Waals surface area (Å²) < 4.78 is 29.5. The number of anilines is 2. The molecule has 2 aromatic carbocycles. The van der Waals surface area contributed by atoms with Gasteiger partial charge in [-0.3, -0.25) is 14.6 Å². The minimum atomic E-state index is -4.01. The van der Waals surface area contributed by atoms with Gasteiger partial charge in [0.15, 0.2) is 0 Å². The monoisotopic (exact) mass is 636 g/mol. The van der Waals surface area contributed by atoms with Gasteiger partial charge < -0.3 is 10.4 Å². The zero-order valence-electron chi connectivity index (χ0n) is 20.4. The number of aliphatic hydroxyl groups excluding tert-OH is 1. The summed E-state index contributed by atoms with van der Waals surface area (Å²) in [6.45, 7) is 2.03. The zero-order valence-corrected chi connectivity index (χ0v) is 23.3. The van der Waals surface area contributed by atoms with Crippen molar-refractivity contribution in [3.05, 3.63) is 81.2 Å². The number of amides is 1. The van der Waals surface area contributed by atoms with Gasteiger partial charge in [-0.2, -0.15) is 4.31 Å². The highest BCUT2D eigenvalue weighted by atomic mass is 127. The lowest BCUT2D eigenvalue weighted by molar-refractivity contribution is 0.0271. The Morgan fingerprint density at radius 2 is 1.89 bits per heavy atom. The Labute approximate surface area is 230 Å². The molecule has 0 spiro atoms. The molecule has 0 radical (unpaired) electrons. The number of pyridine rings is 1. The number of aryl methyl sites for hydroxylation is 1. The van der Waals surface area contributed by atoms with E-state index >= 15 is 0 Å². The van der Waals surface area contributed by atoms with E-state index in [4.69, 9.17) is 4.84 Å². The van der Waals surface area contributed by atoms with Crippen LogP contribution in [0.3, 0.4) is 0 Å². The number of carbonyl (C=O) groups excluding carboxylic acids is 1. The average Bonchev–Trinajstić information content (AvgIpc) is 3.70. The molecule has 37 heavy (non-hydrogen) atoms. The van der Waals surface area contributed by atoms with E-state index in [-0.39, 0.29) is 30.2 Å². The summed E-state index contributed by atoms with van der Waals surface area (Å²) >= 11 is 2.22. The van der Waals surface area contributed by atoms with E-state index in [0.717, 1.165) is 33.2 Å². The molecular weight excluding hydrogens is 607 g/mol. The van der Waals surface area contributed by atoms with Crippen molar-refractivity contribution in [3.8, 4) is 0 Å². The number of nitrogens with zero attached hydrogens (tertiary/aromatic N) is 2. The quantitative estimate of drug-likeness (QED) is 0.203. The highest BCUT2D eigenvalue weighted by molar-refractivity contribution is 14.1. The molecule has 0 aliphatic heterocycles. The SMILES string of the molecule is Cc1cc(I)ccc1Nc1cc(S(=O)(=O)N(CCO)Cc2ccncc2)ccc1C(=O)NOCC1CC1. The van der Waals surface area contributed by atoms with Gasteiger partial charge in [-0.25, -0.2) is 13.9 Å². The maximum atomic E-state index is 13.6. The minimum Gasteiger partial charge on any atom is -0.395 e. The normalized spacial score (nSPS) is 13.5. The molecule has 9 nitrogen and oxygen atoms in total. The van der Waals surface area contributed by atoms with Gasteiger partial charge in [0.2, 0.25) is 10.0 Å². The molecular formula is C26H29IN4O5S. The smallest absolute Gasteiger partial charge is 0.276 e. The van der Waals surface area contributed by atoms with Crippen molar-refractivity contribution < 1.29 is 23.2 Å². The fourth-order valence-corrected chi connectivity index (χ4v) is 5.79. The number of aromatic nitrogens is 1. The van der Waals surface area contributed by atoms with E-state index in [9.17, 15) is 18.3 Å². The van der Waals surface area contributed by atoms with Gasteiger partial charge >= 0.3 is 0 Å². The highest BCUT2D eigenvalue weighted by Gasteiger charge is 2.27. The Kier molecular flexibility index (Phi) is 9.13. The second-order valence-electron chi connectivity index (χ2n) is 8.89. The van der Waals surface area contributed by atoms with Crippen molar-refractivity contribution in [3.63, 3.8) is 0 Å². The van der Waals surface area contributed by atoms with E-state index in [0.29, 0.717) is 18.2 Å². The van der Waals surface area contributed by atoms with Crippen molar-refractivity contribution in [1.82, 2.24) is 14.8 Å². The topological polar surface area (TPSA) is 121 Å². The summed E-state index contributed by atoms with van der Waals surface area (Å²) in [5, 5.41) is 12.8. The minimum absolute atomic E-state index is 0.00359. The van der Waals surface area contributed by atoms with Crippen LogP contribution in [0.1, 0.15) is 34.3 Å². The Morgan fingerprint density at radius 1 is 1.14 bits per heavy atom. The van der Waals surface area contributed by atoms with Gasteiger partial charge in [0, 0.05) is 34.7 Å². The summed E-state index contributed by atoms with van der Waals surface area (Å²) in [6.07, 6.45) is 5.35. The largest absolute Gasteiger partial charge is 0.395 e. The van der Waals surface area contributed by atoms with Gasteiger partial charge in [0.25, 0.3) is 5.91 Å². The van der Waals surface area contributed by atoms with Crippen molar-refractivity contribution >= 4 is 49.9 Å². The fraction of sp³-hybridized carbons (Fsp3) is 0.308. The third-order valence-electron chi connectivity index (χ3n) is 5.97. The summed E-state index contributed by atoms with van der Waals surface area (Å²) in [5.41, 5.74) is 5.47. The molecule has 11 heteroatoms. The summed E-state index contributed by atoms with van der Waals surface area (Å²) in [7, 11) is -4.01. The summed E-state index contributed by atoms with van der Waals surface area (Å²) in [4.78, 5) is 22.3. The van der Waals surface area contributed by atoms with E-state index in [2.05, 4.69) is 38.4 Å². The predicted octanol–water partition coefficient (Wildman–Crippen LogP) is 3.99. The Hall–Kier alpha value is -2.58. The van der Waals surface area contributed by atoms with E-state index in [1.54, 1.807) is 24.5 Å². The van der Waals surface area contributed by atoms with E-state index < -0.39 is 15.9 Å². The third-order valence-corrected chi connectivity index (χ3v) is 8.48. The van der Waals surface area contributed by atoms with Crippen molar-refractivity contribution in [2.75, 3.05) is 25.1 Å². The fourth-order valence-electron chi connectivity index (χ4n) is 3.70. The first kappa shape index (κ1) is 27.5. The molecule has 3 aromatic rings. The first-order valence-corrected chi connectivity index (χ1v) is 14.4. The number of carbonyl (C=O) groups is 1.